The summed E-state index contributed by atoms with van der Waals surface area (Å²) in [5, 5.41) is 15.0. The number of benzene rings is 1. The molecule has 1 unspecified atom stereocenters. The molecule has 2 aromatic heterocycles. The molecule has 7 heteroatoms. The molecule has 0 spiro atoms. The van der Waals surface area contributed by atoms with E-state index >= 15 is 0 Å². The van der Waals surface area contributed by atoms with Gasteiger partial charge in [0.2, 0.25) is 5.91 Å². The Kier molecular flexibility index (Phi) is 6.89. The van der Waals surface area contributed by atoms with Gasteiger partial charge in [-0.05, 0) is 42.7 Å². The maximum Gasteiger partial charge on any atom is 0.230 e. The first kappa shape index (κ1) is 21.1. The number of nitrogens with one attached hydrogen (secondary N) is 1. The highest BCUT2D eigenvalue weighted by Gasteiger charge is 2.24. The molecule has 0 saturated carbocycles. The number of carbonyl (C=O) groups is 1. The number of aromatic nitrogens is 3. The summed E-state index contributed by atoms with van der Waals surface area (Å²) in [6, 6.07) is 9.97. The van der Waals surface area contributed by atoms with E-state index in [1.165, 1.54) is 40.6 Å². The van der Waals surface area contributed by atoms with Gasteiger partial charge in [-0.2, -0.15) is 0 Å². The quantitative estimate of drug-likeness (QED) is 0.504. The van der Waals surface area contributed by atoms with Crippen molar-refractivity contribution in [2.24, 2.45) is 5.92 Å². The standard InChI is InChI=1S/C23H28N4OS2/c1-3-11-27-22(19-14-29-20-12-16(2)9-10-18(19)20)25-26-23(27)30-15-21(28)24-13-17-7-5-4-6-8-17/h4-8,14,16H,3,9-13,15H2,1-2H3,(H,24,28). The Morgan fingerprint density at radius 1 is 1.30 bits per heavy atom. The molecule has 0 fully saturated rings. The highest BCUT2D eigenvalue weighted by atomic mass is 32.2. The van der Waals surface area contributed by atoms with Gasteiger partial charge in [0.15, 0.2) is 11.0 Å². The molecule has 1 amide bonds. The molecule has 2 heterocycles. The summed E-state index contributed by atoms with van der Waals surface area (Å²) in [5.74, 6) is 2.07. The van der Waals surface area contributed by atoms with Crippen LogP contribution < -0.4 is 5.32 Å². The molecule has 1 atom stereocenters. The third kappa shape index (κ3) is 4.78. The van der Waals surface area contributed by atoms with Gasteiger partial charge >= 0.3 is 0 Å². The molecule has 4 rings (SSSR count). The van der Waals surface area contributed by atoms with Crippen molar-refractivity contribution in [3.63, 3.8) is 0 Å². The number of amides is 1. The minimum Gasteiger partial charge on any atom is -0.351 e. The number of nitrogens with zero attached hydrogens (tertiary/aromatic N) is 3. The maximum atomic E-state index is 12.3. The Morgan fingerprint density at radius 2 is 2.13 bits per heavy atom. The second-order valence-corrected chi connectivity index (χ2v) is 9.81. The third-order valence-electron chi connectivity index (χ3n) is 5.47. The number of hydrogen-bond acceptors (Lipinski definition) is 5. The zero-order chi connectivity index (χ0) is 20.9. The fourth-order valence-electron chi connectivity index (χ4n) is 3.86. The number of thiophene rings is 1. The van der Waals surface area contributed by atoms with Crippen LogP contribution >= 0.6 is 23.1 Å². The van der Waals surface area contributed by atoms with Crippen molar-refractivity contribution in [1.82, 2.24) is 20.1 Å². The van der Waals surface area contributed by atoms with Crippen LogP contribution in [0.1, 0.15) is 42.7 Å². The molecule has 0 radical (unpaired) electrons. The lowest BCUT2D eigenvalue weighted by Gasteiger charge is -2.19. The van der Waals surface area contributed by atoms with Crippen molar-refractivity contribution in [1.29, 1.82) is 0 Å². The monoisotopic (exact) mass is 440 g/mol. The zero-order valence-electron chi connectivity index (χ0n) is 17.6. The van der Waals surface area contributed by atoms with Crippen LogP contribution in [0.2, 0.25) is 0 Å². The SMILES string of the molecule is CCCn1c(SCC(=O)NCc2ccccc2)nnc1-c1csc2c1CCC(C)C2. The van der Waals surface area contributed by atoms with Crippen LogP contribution in [0.4, 0.5) is 0 Å². The van der Waals surface area contributed by atoms with Crippen molar-refractivity contribution in [3.8, 4) is 11.4 Å². The minimum atomic E-state index is 0.0124. The van der Waals surface area contributed by atoms with Gasteiger partial charge in [-0.1, -0.05) is 55.9 Å². The van der Waals surface area contributed by atoms with Gasteiger partial charge in [0, 0.05) is 28.9 Å². The Bertz CT molecular complexity index is 996. The zero-order valence-corrected chi connectivity index (χ0v) is 19.2. The predicted molar refractivity (Wildman–Crippen MR) is 124 cm³/mol. The number of hydrogen-bond donors (Lipinski definition) is 1. The van der Waals surface area contributed by atoms with Crippen LogP contribution in [0, 0.1) is 5.92 Å². The van der Waals surface area contributed by atoms with Crippen LogP contribution in [0.15, 0.2) is 40.9 Å². The van der Waals surface area contributed by atoms with Crippen molar-refractivity contribution < 1.29 is 4.79 Å². The van der Waals surface area contributed by atoms with Gasteiger partial charge < -0.3 is 9.88 Å². The largest absolute Gasteiger partial charge is 0.351 e. The van der Waals surface area contributed by atoms with E-state index in [1.54, 1.807) is 0 Å². The first-order valence-corrected chi connectivity index (χ1v) is 12.5. The van der Waals surface area contributed by atoms with E-state index in [0.29, 0.717) is 12.3 Å². The molecule has 0 bridgehead atoms. The third-order valence-corrected chi connectivity index (χ3v) is 7.49. The lowest BCUT2D eigenvalue weighted by atomic mass is 9.88. The fourth-order valence-corrected chi connectivity index (χ4v) is 5.90. The average Bonchev–Trinajstić information content (AvgIpc) is 3.35. The van der Waals surface area contributed by atoms with Gasteiger partial charge in [0.25, 0.3) is 0 Å². The molecule has 5 nitrogen and oxygen atoms in total. The molecule has 1 aromatic carbocycles. The highest BCUT2D eigenvalue weighted by molar-refractivity contribution is 7.99. The summed E-state index contributed by atoms with van der Waals surface area (Å²) < 4.78 is 2.19. The highest BCUT2D eigenvalue weighted by Crippen LogP contribution is 2.38. The van der Waals surface area contributed by atoms with E-state index in [2.05, 4.69) is 39.3 Å². The van der Waals surface area contributed by atoms with Crippen LogP contribution in [0.25, 0.3) is 11.4 Å². The number of fused-ring (bicyclic) bond motifs is 1. The molecule has 1 aliphatic carbocycles. The van der Waals surface area contributed by atoms with Crippen LogP contribution in [0.3, 0.4) is 0 Å². The summed E-state index contributed by atoms with van der Waals surface area (Å²) in [6.45, 7) is 5.90. The Hall–Kier alpha value is -2.12. The molecule has 1 aliphatic rings. The van der Waals surface area contributed by atoms with Gasteiger partial charge in [-0.25, -0.2) is 0 Å². The number of rotatable bonds is 8. The lowest BCUT2D eigenvalue weighted by molar-refractivity contribution is -0.118. The summed E-state index contributed by atoms with van der Waals surface area (Å²) in [6.07, 6.45) is 4.54. The second-order valence-electron chi connectivity index (χ2n) is 7.91. The Balaban J connectivity index is 1.45. The Morgan fingerprint density at radius 3 is 2.93 bits per heavy atom. The van der Waals surface area contributed by atoms with Crippen LogP contribution in [-0.4, -0.2) is 26.4 Å². The number of carbonyl (C=O) groups excluding carboxylic acids is 1. The topological polar surface area (TPSA) is 59.8 Å². The molecule has 3 aromatic rings. The van der Waals surface area contributed by atoms with E-state index in [1.807, 2.05) is 41.7 Å². The van der Waals surface area contributed by atoms with Crippen molar-refractivity contribution in [2.75, 3.05) is 5.75 Å². The van der Waals surface area contributed by atoms with Crippen LogP contribution in [-0.2, 0) is 30.7 Å². The molecule has 1 N–H and O–H groups in total. The van der Waals surface area contributed by atoms with Crippen molar-refractivity contribution in [3.05, 3.63) is 51.7 Å². The van der Waals surface area contributed by atoms with E-state index in [9.17, 15) is 4.79 Å². The molecule has 30 heavy (non-hydrogen) atoms. The molecule has 0 saturated heterocycles. The summed E-state index contributed by atoms with van der Waals surface area (Å²) in [7, 11) is 0. The smallest absolute Gasteiger partial charge is 0.230 e. The van der Waals surface area contributed by atoms with E-state index < -0.39 is 0 Å². The fraction of sp³-hybridized carbons (Fsp3) is 0.435. The summed E-state index contributed by atoms with van der Waals surface area (Å²) in [4.78, 5) is 13.8. The number of thioether (sulfide) groups is 1. The van der Waals surface area contributed by atoms with Crippen molar-refractivity contribution in [2.45, 2.75) is 57.8 Å². The molecule has 0 aliphatic heterocycles. The van der Waals surface area contributed by atoms with Gasteiger partial charge in [0.1, 0.15) is 0 Å². The molecule has 158 valence electrons. The second kappa shape index (κ2) is 9.79. The van der Waals surface area contributed by atoms with Crippen LogP contribution in [0.5, 0.6) is 0 Å². The van der Waals surface area contributed by atoms with Gasteiger partial charge in [0.05, 0.1) is 5.75 Å². The lowest BCUT2D eigenvalue weighted by Crippen LogP contribution is -2.24. The van der Waals surface area contributed by atoms with Crippen molar-refractivity contribution >= 4 is 29.0 Å². The molecular formula is C23H28N4OS2. The summed E-state index contributed by atoms with van der Waals surface area (Å²) >= 11 is 3.32. The summed E-state index contributed by atoms with van der Waals surface area (Å²) in [5.41, 5.74) is 3.80. The van der Waals surface area contributed by atoms with E-state index in [0.717, 1.165) is 41.8 Å². The first-order chi connectivity index (χ1) is 14.7. The van der Waals surface area contributed by atoms with Gasteiger partial charge in [-0.3, -0.25) is 4.79 Å². The molecular weight excluding hydrogens is 412 g/mol. The normalized spacial score (nSPS) is 15.7. The minimum absolute atomic E-state index is 0.0124. The maximum absolute atomic E-state index is 12.3. The Labute approximate surface area is 186 Å². The van der Waals surface area contributed by atoms with E-state index in [4.69, 9.17) is 0 Å². The first-order valence-electron chi connectivity index (χ1n) is 10.6. The van der Waals surface area contributed by atoms with Gasteiger partial charge in [-0.15, -0.1) is 21.5 Å². The average molecular weight is 441 g/mol. The van der Waals surface area contributed by atoms with E-state index in [-0.39, 0.29) is 5.91 Å². The predicted octanol–water partition coefficient (Wildman–Crippen LogP) is 4.95.